The van der Waals surface area contributed by atoms with Gasteiger partial charge in [-0.3, -0.25) is 0 Å². The molecular weight excluding hydrogens is 320 g/mol. The third-order valence-electron chi connectivity index (χ3n) is 4.25. The standard InChI is InChI=1S/C18H20N4OS/c1-10(12-8-9-12)23-18-15-14(20-11(2)21-18)16(17(19)22-15)24-13-6-4-3-5-7-13/h3-7,10,12,22H,8-9,19H2,1-2H3. The van der Waals surface area contributed by atoms with Crippen LogP contribution < -0.4 is 10.5 Å². The molecule has 1 atom stereocenters. The van der Waals surface area contributed by atoms with E-state index >= 15 is 0 Å². The normalized spacial score (nSPS) is 15.6. The number of benzene rings is 1. The van der Waals surface area contributed by atoms with Crippen molar-refractivity contribution in [1.82, 2.24) is 15.0 Å². The third kappa shape index (κ3) is 2.94. The van der Waals surface area contributed by atoms with Gasteiger partial charge in [-0.25, -0.2) is 4.98 Å². The number of anilines is 1. The van der Waals surface area contributed by atoms with E-state index in [-0.39, 0.29) is 6.10 Å². The van der Waals surface area contributed by atoms with Gasteiger partial charge in [0.25, 0.3) is 0 Å². The van der Waals surface area contributed by atoms with Gasteiger partial charge in [0.15, 0.2) is 0 Å². The largest absolute Gasteiger partial charge is 0.473 e. The molecule has 1 fully saturated rings. The van der Waals surface area contributed by atoms with Crippen LogP contribution in [0.3, 0.4) is 0 Å². The molecule has 2 heterocycles. The molecule has 4 rings (SSSR count). The molecular formula is C18H20N4OS. The molecule has 2 aromatic heterocycles. The van der Waals surface area contributed by atoms with Crippen molar-refractivity contribution >= 4 is 28.6 Å². The predicted molar refractivity (Wildman–Crippen MR) is 96.4 cm³/mol. The molecule has 1 saturated carbocycles. The van der Waals surface area contributed by atoms with Crippen LogP contribution in [0.1, 0.15) is 25.6 Å². The van der Waals surface area contributed by atoms with Gasteiger partial charge in [-0.2, -0.15) is 4.98 Å². The van der Waals surface area contributed by atoms with E-state index < -0.39 is 0 Å². The van der Waals surface area contributed by atoms with Crippen molar-refractivity contribution in [2.75, 3.05) is 5.73 Å². The maximum Gasteiger partial charge on any atom is 0.242 e. The average Bonchev–Trinajstić information content (AvgIpc) is 3.36. The monoisotopic (exact) mass is 340 g/mol. The summed E-state index contributed by atoms with van der Waals surface area (Å²) in [5.41, 5.74) is 7.83. The molecule has 0 amide bonds. The summed E-state index contributed by atoms with van der Waals surface area (Å²) in [4.78, 5) is 14.3. The molecule has 1 aliphatic rings. The van der Waals surface area contributed by atoms with Gasteiger partial charge in [-0.05, 0) is 44.7 Å². The summed E-state index contributed by atoms with van der Waals surface area (Å²) in [6.07, 6.45) is 2.63. The molecule has 0 spiro atoms. The van der Waals surface area contributed by atoms with Gasteiger partial charge in [0.05, 0.1) is 4.90 Å². The molecule has 1 aliphatic carbocycles. The minimum Gasteiger partial charge on any atom is -0.473 e. The Hall–Kier alpha value is -2.21. The number of H-pyrrole nitrogens is 1. The zero-order chi connectivity index (χ0) is 16.7. The summed E-state index contributed by atoms with van der Waals surface area (Å²) in [6.45, 7) is 3.99. The number of nitrogens with zero attached hydrogens (tertiary/aromatic N) is 2. The van der Waals surface area contributed by atoms with E-state index in [0.717, 1.165) is 20.8 Å². The average molecular weight is 340 g/mol. The number of aryl methyl sites for hydroxylation is 1. The van der Waals surface area contributed by atoms with E-state index in [1.165, 1.54) is 12.8 Å². The zero-order valence-electron chi connectivity index (χ0n) is 13.7. The second-order valence-electron chi connectivity index (χ2n) is 6.24. The molecule has 0 saturated heterocycles. The highest BCUT2D eigenvalue weighted by molar-refractivity contribution is 7.99. The van der Waals surface area contributed by atoms with Gasteiger partial charge in [-0.15, -0.1) is 0 Å². The van der Waals surface area contributed by atoms with Crippen molar-refractivity contribution in [2.24, 2.45) is 5.92 Å². The van der Waals surface area contributed by atoms with Crippen molar-refractivity contribution in [3.63, 3.8) is 0 Å². The Labute approximate surface area is 145 Å². The molecule has 3 N–H and O–H groups in total. The molecule has 5 nitrogen and oxygen atoms in total. The van der Waals surface area contributed by atoms with Crippen LogP contribution in [0.15, 0.2) is 40.1 Å². The van der Waals surface area contributed by atoms with Gasteiger partial charge < -0.3 is 15.5 Å². The van der Waals surface area contributed by atoms with E-state index in [2.05, 4.69) is 34.0 Å². The Morgan fingerprint density at radius 3 is 2.71 bits per heavy atom. The number of aromatic amines is 1. The lowest BCUT2D eigenvalue weighted by atomic mass is 10.3. The van der Waals surface area contributed by atoms with E-state index in [1.807, 2.05) is 25.1 Å². The van der Waals surface area contributed by atoms with Crippen LogP contribution in [-0.4, -0.2) is 21.1 Å². The lowest BCUT2D eigenvalue weighted by molar-refractivity contribution is 0.192. The summed E-state index contributed by atoms with van der Waals surface area (Å²) in [6, 6.07) is 10.1. The van der Waals surface area contributed by atoms with Crippen LogP contribution in [0.4, 0.5) is 5.82 Å². The lowest BCUT2D eigenvalue weighted by Gasteiger charge is -2.13. The van der Waals surface area contributed by atoms with E-state index in [9.17, 15) is 0 Å². The Morgan fingerprint density at radius 1 is 1.25 bits per heavy atom. The number of aromatic nitrogens is 3. The Morgan fingerprint density at radius 2 is 2.00 bits per heavy atom. The lowest BCUT2D eigenvalue weighted by Crippen LogP contribution is -2.15. The van der Waals surface area contributed by atoms with Crippen LogP contribution in [-0.2, 0) is 0 Å². The predicted octanol–water partition coefficient (Wildman–Crippen LogP) is 4.18. The number of rotatable bonds is 5. The van der Waals surface area contributed by atoms with Crippen LogP contribution in [0.2, 0.25) is 0 Å². The van der Waals surface area contributed by atoms with Crippen LogP contribution in [0.5, 0.6) is 5.88 Å². The first-order chi connectivity index (χ1) is 11.6. The summed E-state index contributed by atoms with van der Waals surface area (Å²) in [5.74, 6) is 2.53. The number of nitrogens with one attached hydrogen (secondary N) is 1. The number of nitrogen functional groups attached to an aromatic ring is 1. The summed E-state index contributed by atoms with van der Waals surface area (Å²) in [5, 5.41) is 0. The maximum absolute atomic E-state index is 6.22. The molecule has 6 heteroatoms. The van der Waals surface area contributed by atoms with Crippen LogP contribution in [0.25, 0.3) is 11.0 Å². The fourth-order valence-corrected chi connectivity index (χ4v) is 3.71. The maximum atomic E-state index is 6.22. The SMILES string of the molecule is Cc1nc(OC(C)C2CC2)c2[nH]c(N)c(Sc3ccccc3)c2n1. The second-order valence-corrected chi connectivity index (χ2v) is 7.33. The Kier molecular flexibility index (Phi) is 3.84. The molecule has 124 valence electrons. The number of hydrogen-bond acceptors (Lipinski definition) is 5. The molecule has 0 bridgehead atoms. The van der Waals surface area contributed by atoms with Crippen molar-refractivity contribution in [3.8, 4) is 5.88 Å². The first-order valence-electron chi connectivity index (χ1n) is 8.17. The van der Waals surface area contributed by atoms with E-state index in [0.29, 0.717) is 23.4 Å². The Bertz CT molecular complexity index is 874. The molecule has 3 aromatic rings. The third-order valence-corrected chi connectivity index (χ3v) is 5.38. The van der Waals surface area contributed by atoms with Gasteiger partial charge >= 0.3 is 0 Å². The highest BCUT2D eigenvalue weighted by Gasteiger charge is 2.30. The van der Waals surface area contributed by atoms with Gasteiger partial charge in [0.1, 0.15) is 28.8 Å². The van der Waals surface area contributed by atoms with Crippen LogP contribution in [0, 0.1) is 12.8 Å². The fraction of sp³-hybridized carbons (Fsp3) is 0.333. The summed E-state index contributed by atoms with van der Waals surface area (Å²) < 4.78 is 6.10. The first-order valence-corrected chi connectivity index (χ1v) is 8.99. The van der Waals surface area contributed by atoms with Gasteiger partial charge in [-0.1, -0.05) is 30.0 Å². The minimum absolute atomic E-state index is 0.164. The smallest absolute Gasteiger partial charge is 0.242 e. The first kappa shape index (κ1) is 15.3. The minimum atomic E-state index is 0.164. The second kappa shape index (κ2) is 6.02. The molecule has 24 heavy (non-hydrogen) atoms. The zero-order valence-corrected chi connectivity index (χ0v) is 14.6. The quantitative estimate of drug-likeness (QED) is 0.729. The molecule has 0 aliphatic heterocycles. The summed E-state index contributed by atoms with van der Waals surface area (Å²) >= 11 is 1.60. The molecule has 1 unspecified atom stereocenters. The number of hydrogen-bond donors (Lipinski definition) is 2. The fourth-order valence-electron chi connectivity index (χ4n) is 2.78. The van der Waals surface area contributed by atoms with Gasteiger partial charge in [0.2, 0.25) is 5.88 Å². The van der Waals surface area contributed by atoms with E-state index in [1.54, 1.807) is 11.8 Å². The van der Waals surface area contributed by atoms with Crippen LogP contribution >= 0.6 is 11.8 Å². The molecule has 0 radical (unpaired) electrons. The van der Waals surface area contributed by atoms with Crippen molar-refractivity contribution < 1.29 is 4.74 Å². The van der Waals surface area contributed by atoms with Crippen molar-refractivity contribution in [1.29, 1.82) is 0 Å². The van der Waals surface area contributed by atoms with E-state index in [4.69, 9.17) is 10.5 Å². The topological polar surface area (TPSA) is 76.8 Å². The number of fused-ring (bicyclic) bond motifs is 1. The highest BCUT2D eigenvalue weighted by Crippen LogP contribution is 2.40. The van der Waals surface area contributed by atoms with Crippen molar-refractivity contribution in [3.05, 3.63) is 36.2 Å². The number of ether oxygens (including phenoxy) is 1. The molecule has 1 aromatic carbocycles. The summed E-state index contributed by atoms with van der Waals surface area (Å²) in [7, 11) is 0. The van der Waals surface area contributed by atoms with Gasteiger partial charge in [0, 0.05) is 4.90 Å². The number of nitrogens with two attached hydrogens (primary N) is 1. The Balaban J connectivity index is 1.75. The van der Waals surface area contributed by atoms with Crippen molar-refractivity contribution in [2.45, 2.75) is 42.6 Å². The highest BCUT2D eigenvalue weighted by atomic mass is 32.2.